The fraction of sp³-hybridized carbons (Fsp3) is 0.889. The molecular formula is C9H12F6N2O2. The highest BCUT2D eigenvalue weighted by atomic mass is 19.4. The van der Waals surface area contributed by atoms with Crippen LogP contribution in [0, 0.1) is 0 Å². The van der Waals surface area contributed by atoms with Crippen molar-refractivity contribution in [1.82, 2.24) is 9.80 Å². The Bertz CT molecular complexity index is 308. The number of hydrogen-bond donors (Lipinski definition) is 0. The molecule has 0 aromatic heterocycles. The number of ether oxygens (including phenoxy) is 1. The largest absolute Gasteiger partial charge is 0.434 e. The van der Waals surface area contributed by atoms with Gasteiger partial charge in [-0.25, -0.2) is 4.79 Å². The van der Waals surface area contributed by atoms with E-state index in [2.05, 4.69) is 4.74 Å². The second-order valence-electron chi connectivity index (χ2n) is 4.14. The van der Waals surface area contributed by atoms with E-state index in [-0.39, 0.29) is 13.1 Å². The highest BCUT2D eigenvalue weighted by molar-refractivity contribution is 5.68. The molecule has 0 N–H and O–H groups in total. The Morgan fingerprint density at radius 1 is 1.00 bits per heavy atom. The van der Waals surface area contributed by atoms with Gasteiger partial charge in [-0.1, -0.05) is 0 Å². The summed E-state index contributed by atoms with van der Waals surface area (Å²) in [5, 5.41) is 0. The van der Waals surface area contributed by atoms with Crippen LogP contribution in [0.1, 0.15) is 0 Å². The highest BCUT2D eigenvalue weighted by Gasteiger charge is 2.60. The molecule has 1 fully saturated rings. The number of amides is 1. The number of hydrogen-bond acceptors (Lipinski definition) is 3. The summed E-state index contributed by atoms with van der Waals surface area (Å²) in [5.74, 6) is 0. The van der Waals surface area contributed by atoms with Crippen LogP contribution in [0.4, 0.5) is 31.1 Å². The van der Waals surface area contributed by atoms with Crippen molar-refractivity contribution >= 4 is 6.09 Å². The van der Waals surface area contributed by atoms with Gasteiger partial charge < -0.3 is 14.5 Å². The van der Waals surface area contributed by atoms with E-state index in [1.165, 1.54) is 0 Å². The van der Waals surface area contributed by atoms with E-state index in [1.807, 2.05) is 0 Å². The van der Waals surface area contributed by atoms with Crippen molar-refractivity contribution in [2.24, 2.45) is 0 Å². The molecule has 1 aliphatic heterocycles. The number of alkyl halides is 6. The molecule has 0 aromatic rings. The summed E-state index contributed by atoms with van der Waals surface area (Å²) in [7, 11) is 1.72. The summed E-state index contributed by atoms with van der Waals surface area (Å²) in [6, 6.07) is 0. The smallest absolute Gasteiger partial charge is 0.426 e. The average Bonchev–Trinajstić information content (AvgIpc) is 2.23. The van der Waals surface area contributed by atoms with Crippen molar-refractivity contribution in [2.45, 2.75) is 18.5 Å². The molecule has 1 aliphatic rings. The Hall–Kier alpha value is -1.19. The fourth-order valence-electron chi connectivity index (χ4n) is 1.48. The molecule has 0 aliphatic carbocycles. The molecule has 1 amide bonds. The van der Waals surface area contributed by atoms with Crippen molar-refractivity contribution in [1.29, 1.82) is 0 Å². The number of rotatable bonds is 1. The molecule has 0 radical (unpaired) electrons. The minimum atomic E-state index is -5.68. The van der Waals surface area contributed by atoms with E-state index >= 15 is 0 Å². The molecule has 1 saturated heterocycles. The van der Waals surface area contributed by atoms with Crippen LogP contribution in [0.3, 0.4) is 0 Å². The Morgan fingerprint density at radius 3 is 1.79 bits per heavy atom. The summed E-state index contributed by atoms with van der Waals surface area (Å²) >= 11 is 0. The van der Waals surface area contributed by atoms with Crippen molar-refractivity contribution in [3.05, 3.63) is 0 Å². The minimum Gasteiger partial charge on any atom is -0.426 e. The molecule has 10 heteroatoms. The monoisotopic (exact) mass is 294 g/mol. The van der Waals surface area contributed by atoms with Crippen LogP contribution in [0.2, 0.25) is 0 Å². The minimum absolute atomic E-state index is 0.0256. The van der Waals surface area contributed by atoms with Gasteiger partial charge in [-0.3, -0.25) is 0 Å². The van der Waals surface area contributed by atoms with E-state index in [0.717, 1.165) is 4.90 Å². The maximum absolute atomic E-state index is 12.2. The maximum Gasteiger partial charge on any atom is 0.434 e. The molecule has 112 valence electrons. The van der Waals surface area contributed by atoms with Gasteiger partial charge in [0.25, 0.3) is 6.10 Å². The molecule has 0 unspecified atom stereocenters. The number of halogens is 6. The first-order chi connectivity index (χ1) is 8.51. The normalized spacial score (nSPS) is 18.8. The molecule has 1 rings (SSSR count). The Kier molecular flexibility index (Phi) is 4.54. The molecule has 19 heavy (non-hydrogen) atoms. The van der Waals surface area contributed by atoms with Gasteiger partial charge in [0, 0.05) is 26.2 Å². The SMILES string of the molecule is CN1CCN(C(=O)OC(C(F)(F)F)C(F)(F)F)CC1. The maximum atomic E-state index is 12.2. The second kappa shape index (κ2) is 5.43. The number of piperazine rings is 1. The van der Waals surface area contributed by atoms with Gasteiger partial charge in [0.05, 0.1) is 0 Å². The molecule has 0 spiro atoms. The molecular weight excluding hydrogens is 282 g/mol. The average molecular weight is 294 g/mol. The Balaban J connectivity index is 2.67. The van der Waals surface area contributed by atoms with Crippen LogP contribution in [0.15, 0.2) is 0 Å². The molecule has 0 atom stereocenters. The van der Waals surface area contributed by atoms with Gasteiger partial charge in [0.2, 0.25) is 0 Å². The van der Waals surface area contributed by atoms with E-state index in [9.17, 15) is 31.1 Å². The number of likely N-dealkylation sites (N-methyl/N-ethyl adjacent to an activating group) is 1. The highest BCUT2D eigenvalue weighted by Crippen LogP contribution is 2.36. The number of carbonyl (C=O) groups excluding carboxylic acids is 1. The predicted octanol–water partition coefficient (Wildman–Crippen LogP) is 1.86. The first kappa shape index (κ1) is 15.9. The predicted molar refractivity (Wildman–Crippen MR) is 51.4 cm³/mol. The molecule has 0 aromatic carbocycles. The van der Waals surface area contributed by atoms with E-state index in [0.29, 0.717) is 13.1 Å². The third kappa shape index (κ3) is 4.44. The summed E-state index contributed by atoms with van der Waals surface area (Å²) in [6.07, 6.45) is -17.1. The number of nitrogens with zero attached hydrogens (tertiary/aromatic N) is 2. The lowest BCUT2D eigenvalue weighted by atomic mass is 10.3. The molecule has 0 bridgehead atoms. The van der Waals surface area contributed by atoms with Gasteiger partial charge in [-0.2, -0.15) is 26.3 Å². The molecule has 4 nitrogen and oxygen atoms in total. The molecule has 1 heterocycles. The first-order valence-electron chi connectivity index (χ1n) is 5.29. The topological polar surface area (TPSA) is 32.8 Å². The summed E-state index contributed by atoms with van der Waals surface area (Å²) in [5.41, 5.74) is 0. The van der Waals surface area contributed by atoms with Gasteiger partial charge >= 0.3 is 18.4 Å². The van der Waals surface area contributed by atoms with Crippen molar-refractivity contribution in [3.63, 3.8) is 0 Å². The van der Waals surface area contributed by atoms with Gasteiger partial charge in [0.1, 0.15) is 0 Å². The fourth-order valence-corrected chi connectivity index (χ4v) is 1.48. The van der Waals surface area contributed by atoms with E-state index in [1.54, 1.807) is 11.9 Å². The zero-order chi connectivity index (χ0) is 14.8. The second-order valence-corrected chi connectivity index (χ2v) is 4.14. The van der Waals surface area contributed by atoms with Crippen molar-refractivity contribution in [2.75, 3.05) is 33.2 Å². The van der Waals surface area contributed by atoms with Crippen LogP contribution in [-0.2, 0) is 4.74 Å². The standard InChI is InChI=1S/C9H12F6N2O2/c1-16-2-4-17(5-3-16)7(18)19-6(8(10,11)12)9(13,14)15/h6H,2-5H2,1H3. The first-order valence-corrected chi connectivity index (χ1v) is 5.29. The summed E-state index contributed by atoms with van der Waals surface area (Å²) in [4.78, 5) is 13.9. The van der Waals surface area contributed by atoms with E-state index in [4.69, 9.17) is 0 Å². The Labute approximate surface area is 104 Å². The van der Waals surface area contributed by atoms with E-state index < -0.39 is 24.5 Å². The third-order valence-corrected chi connectivity index (χ3v) is 2.57. The lowest BCUT2D eigenvalue weighted by Gasteiger charge is -2.33. The van der Waals surface area contributed by atoms with Gasteiger partial charge in [0.15, 0.2) is 0 Å². The quantitative estimate of drug-likeness (QED) is 0.692. The van der Waals surface area contributed by atoms with Gasteiger partial charge in [-0.15, -0.1) is 0 Å². The lowest BCUT2D eigenvalue weighted by Crippen LogP contribution is -2.52. The van der Waals surface area contributed by atoms with Gasteiger partial charge in [-0.05, 0) is 7.05 Å². The summed E-state index contributed by atoms with van der Waals surface area (Å²) < 4.78 is 76.7. The van der Waals surface area contributed by atoms with Crippen LogP contribution < -0.4 is 0 Å². The Morgan fingerprint density at radius 2 is 1.42 bits per heavy atom. The zero-order valence-electron chi connectivity index (χ0n) is 9.88. The summed E-state index contributed by atoms with van der Waals surface area (Å²) in [6.45, 7) is 0.769. The lowest BCUT2D eigenvalue weighted by molar-refractivity contribution is -0.308. The van der Waals surface area contributed by atoms with Crippen molar-refractivity contribution in [3.8, 4) is 0 Å². The number of carbonyl (C=O) groups is 1. The van der Waals surface area contributed by atoms with Crippen LogP contribution in [-0.4, -0.2) is 67.6 Å². The molecule has 0 saturated carbocycles. The third-order valence-electron chi connectivity index (χ3n) is 2.57. The van der Waals surface area contributed by atoms with Crippen LogP contribution in [0.5, 0.6) is 0 Å². The van der Waals surface area contributed by atoms with Crippen LogP contribution >= 0.6 is 0 Å². The zero-order valence-corrected chi connectivity index (χ0v) is 9.88. The van der Waals surface area contributed by atoms with Crippen LogP contribution in [0.25, 0.3) is 0 Å². The van der Waals surface area contributed by atoms with Crippen molar-refractivity contribution < 1.29 is 35.9 Å².